The van der Waals surface area contributed by atoms with Gasteiger partial charge in [-0.05, 0) is 48.4 Å². The van der Waals surface area contributed by atoms with E-state index < -0.39 is 0 Å². The van der Waals surface area contributed by atoms with E-state index in [0.29, 0.717) is 18.8 Å². The Morgan fingerprint density at radius 2 is 1.86 bits per heavy atom. The number of alkyl halides is 1. The lowest BCUT2D eigenvalue weighted by Crippen LogP contribution is -1.95. The van der Waals surface area contributed by atoms with Crippen molar-refractivity contribution in [3.05, 3.63) is 29.3 Å². The quantitative estimate of drug-likeness (QED) is 0.570. The summed E-state index contributed by atoms with van der Waals surface area (Å²) in [6.45, 7) is 4.35. The Kier molecular flexibility index (Phi) is 17.2. The van der Waals surface area contributed by atoms with Crippen LogP contribution in [0.5, 0.6) is 5.75 Å². The fourth-order valence-corrected chi connectivity index (χ4v) is 2.09. The number of rotatable bonds is 6. The van der Waals surface area contributed by atoms with Crippen LogP contribution in [-0.4, -0.2) is 12.3 Å². The molecule has 1 nitrogen and oxygen atoms in total. The van der Waals surface area contributed by atoms with Crippen LogP contribution in [0.4, 0.5) is 13.8 Å². The van der Waals surface area contributed by atoms with Gasteiger partial charge < -0.3 is 5.11 Å². The second-order valence-corrected chi connectivity index (χ2v) is 4.68. The van der Waals surface area contributed by atoms with Gasteiger partial charge >= 0.3 is 0 Å². The maximum atomic E-state index is 9.71. The van der Waals surface area contributed by atoms with Crippen LogP contribution >= 0.6 is 0 Å². The number of aryl methyl sites for hydroxylation is 1. The van der Waals surface area contributed by atoms with Crippen LogP contribution in [0.15, 0.2) is 18.2 Å². The van der Waals surface area contributed by atoms with Crippen LogP contribution in [0.2, 0.25) is 0 Å². The summed E-state index contributed by atoms with van der Waals surface area (Å²) in [4.78, 5) is 0. The van der Waals surface area contributed by atoms with Gasteiger partial charge in [-0.2, -0.15) is 0 Å². The van der Waals surface area contributed by atoms with Crippen molar-refractivity contribution in [1.82, 2.24) is 0 Å². The number of hydrogen-bond acceptors (Lipinski definition) is 1. The Hall–Kier alpha value is -1.63. The van der Waals surface area contributed by atoms with Gasteiger partial charge in [-0.3, -0.25) is 13.8 Å². The smallest absolute Gasteiger partial charge is 0.116 e. The van der Waals surface area contributed by atoms with Crippen molar-refractivity contribution in [2.75, 3.05) is 7.18 Å². The molecule has 1 N–H and O–H groups in total. The first kappa shape index (κ1) is 24.4. The van der Waals surface area contributed by atoms with Crippen LogP contribution < -0.4 is 0 Å². The first-order valence-corrected chi connectivity index (χ1v) is 6.81. The van der Waals surface area contributed by atoms with Crippen LogP contribution in [-0.2, 0) is 6.42 Å². The lowest BCUT2D eigenvalue weighted by atomic mass is 9.93. The molecule has 1 atom stereocenters. The molecule has 0 amide bonds. The minimum Gasteiger partial charge on any atom is -0.508 e. The number of phenols is 1. The highest BCUT2D eigenvalue weighted by atomic mass is 19.1. The summed E-state index contributed by atoms with van der Waals surface area (Å²) in [6.07, 6.45) is 10.4. The van der Waals surface area contributed by atoms with E-state index in [9.17, 15) is 9.50 Å². The zero-order valence-electron chi connectivity index (χ0n) is 13.1. The zero-order chi connectivity index (χ0) is 14.7. The summed E-state index contributed by atoms with van der Waals surface area (Å²) >= 11 is 0. The summed E-state index contributed by atoms with van der Waals surface area (Å²) < 4.78 is 9.50. The highest BCUT2D eigenvalue weighted by Crippen LogP contribution is 2.26. The van der Waals surface area contributed by atoms with Crippen molar-refractivity contribution in [3.8, 4) is 18.1 Å². The lowest BCUT2D eigenvalue weighted by Gasteiger charge is -2.13. The van der Waals surface area contributed by atoms with Gasteiger partial charge in [-0.25, -0.2) is 0 Å². The van der Waals surface area contributed by atoms with Gasteiger partial charge in [0.15, 0.2) is 0 Å². The molecule has 0 bridgehead atoms. The third kappa shape index (κ3) is 9.84. The van der Waals surface area contributed by atoms with Crippen LogP contribution in [0.1, 0.15) is 56.6 Å². The minimum absolute atomic E-state index is 0. The molecule has 0 aromatic heterocycles. The second-order valence-electron chi connectivity index (χ2n) is 4.68. The summed E-state index contributed by atoms with van der Waals surface area (Å²) in [6, 6.07) is 5.95. The number of terminal acetylenes is 1. The predicted octanol–water partition coefficient (Wildman–Crippen LogP) is 5.14. The molecule has 1 aromatic carbocycles. The molecule has 0 saturated carbocycles. The van der Waals surface area contributed by atoms with Gasteiger partial charge in [0.05, 0.1) is 7.18 Å². The summed E-state index contributed by atoms with van der Waals surface area (Å²) in [5.41, 5.74) is 2.46. The van der Waals surface area contributed by atoms with Crippen molar-refractivity contribution in [3.63, 3.8) is 0 Å². The molecule has 1 aromatic rings. The first-order chi connectivity index (χ1) is 9.17. The Morgan fingerprint density at radius 1 is 1.24 bits per heavy atom. The molecule has 1 unspecified atom stereocenters. The Bertz CT molecular complexity index is 400. The van der Waals surface area contributed by atoms with Gasteiger partial charge in [-0.15, -0.1) is 12.3 Å². The molecular weight excluding hydrogens is 277 g/mol. The second kappa shape index (κ2) is 14.8. The van der Waals surface area contributed by atoms with Crippen molar-refractivity contribution in [1.29, 1.82) is 0 Å². The Balaban J connectivity index is -0.000000774. The topological polar surface area (TPSA) is 20.2 Å². The molecule has 4 heteroatoms. The van der Waals surface area contributed by atoms with Crippen molar-refractivity contribution < 1.29 is 18.9 Å². The van der Waals surface area contributed by atoms with Crippen LogP contribution in [0.25, 0.3) is 0 Å². The van der Waals surface area contributed by atoms with Crippen molar-refractivity contribution in [2.45, 2.75) is 51.9 Å². The van der Waals surface area contributed by atoms with Crippen LogP contribution in [0.3, 0.4) is 0 Å². The number of benzene rings is 1. The monoisotopic (exact) mass is 304 g/mol. The largest absolute Gasteiger partial charge is 0.508 e. The molecule has 0 aliphatic carbocycles. The zero-order valence-corrected chi connectivity index (χ0v) is 13.1. The molecule has 0 saturated heterocycles. The van der Waals surface area contributed by atoms with E-state index in [4.69, 9.17) is 6.42 Å². The molecule has 122 valence electrons. The van der Waals surface area contributed by atoms with Crippen molar-refractivity contribution in [2.24, 2.45) is 0 Å². The fourth-order valence-electron chi connectivity index (χ4n) is 2.09. The van der Waals surface area contributed by atoms with E-state index in [1.807, 2.05) is 12.1 Å². The molecular formula is C17H27F3O. The molecule has 0 aliphatic rings. The van der Waals surface area contributed by atoms with Crippen molar-refractivity contribution >= 4 is 0 Å². The SMILES string of the molecule is C#CCCCC(C)c1cc(O)cc(CCC)c1.CF.F.F. The van der Waals surface area contributed by atoms with E-state index >= 15 is 0 Å². The maximum Gasteiger partial charge on any atom is 0.116 e. The molecule has 1 rings (SSSR count). The third-order valence-electron chi connectivity index (χ3n) is 3.07. The maximum absolute atomic E-state index is 9.71. The molecule has 0 heterocycles. The molecule has 0 aliphatic heterocycles. The number of phenolic OH excluding ortho intramolecular Hbond substituents is 1. The molecule has 21 heavy (non-hydrogen) atoms. The van der Waals surface area contributed by atoms with E-state index in [1.54, 1.807) is 0 Å². The van der Waals surface area contributed by atoms with E-state index in [2.05, 4.69) is 25.8 Å². The predicted molar refractivity (Wildman–Crippen MR) is 85.2 cm³/mol. The summed E-state index contributed by atoms with van der Waals surface area (Å²) in [5.74, 6) is 3.52. The van der Waals surface area contributed by atoms with Gasteiger partial charge in [0.1, 0.15) is 5.75 Å². The average molecular weight is 304 g/mol. The molecule has 0 fully saturated rings. The fraction of sp³-hybridized carbons (Fsp3) is 0.529. The van der Waals surface area contributed by atoms with Gasteiger partial charge in [0.25, 0.3) is 0 Å². The Morgan fingerprint density at radius 3 is 2.38 bits per heavy atom. The number of halogens is 3. The van der Waals surface area contributed by atoms with Gasteiger partial charge in [-0.1, -0.05) is 26.3 Å². The minimum atomic E-state index is 0. The number of aromatic hydroxyl groups is 1. The van der Waals surface area contributed by atoms with E-state index in [-0.39, 0.29) is 9.41 Å². The number of unbranched alkanes of at least 4 members (excludes halogenated alkanes) is 1. The van der Waals surface area contributed by atoms with E-state index in [0.717, 1.165) is 32.1 Å². The first-order valence-electron chi connectivity index (χ1n) is 6.81. The van der Waals surface area contributed by atoms with Gasteiger partial charge in [0, 0.05) is 6.42 Å². The highest BCUT2D eigenvalue weighted by Gasteiger charge is 2.07. The Labute approximate surface area is 126 Å². The number of hydrogen-bond donors (Lipinski definition) is 1. The van der Waals surface area contributed by atoms with Crippen LogP contribution in [0, 0.1) is 12.3 Å². The third-order valence-corrected chi connectivity index (χ3v) is 3.07. The van der Waals surface area contributed by atoms with E-state index in [1.165, 1.54) is 11.1 Å². The van der Waals surface area contributed by atoms with Gasteiger partial charge in [0.2, 0.25) is 0 Å². The summed E-state index contributed by atoms with van der Waals surface area (Å²) in [5, 5.41) is 9.71. The highest BCUT2D eigenvalue weighted by molar-refractivity contribution is 5.35. The summed E-state index contributed by atoms with van der Waals surface area (Å²) in [7, 11) is 0.500. The lowest BCUT2D eigenvalue weighted by molar-refractivity contribution is 0.472. The average Bonchev–Trinajstić information content (AvgIpc) is 2.41. The normalized spacial score (nSPS) is 10.0. The molecule has 0 spiro atoms. The standard InChI is InChI=1S/C16H22O.CH3F.2FH/c1-4-6-7-9-13(3)15-10-14(8-5-2)11-16(17)12-15;1-2;;/h1,10-13,17H,5-9H2,2-3H3;1H3;2*1H. The molecule has 0 radical (unpaired) electrons.